The lowest BCUT2D eigenvalue weighted by atomic mass is 9.99. The zero-order chi connectivity index (χ0) is 12.4. The summed E-state index contributed by atoms with van der Waals surface area (Å²) in [5, 5.41) is 7.01. The van der Waals surface area contributed by atoms with E-state index in [2.05, 4.69) is 10.4 Å². The van der Waals surface area contributed by atoms with Crippen LogP contribution in [0.3, 0.4) is 0 Å². The van der Waals surface area contributed by atoms with Crippen molar-refractivity contribution in [3.63, 3.8) is 0 Å². The number of ether oxygens (including phenoxy) is 1. The summed E-state index contributed by atoms with van der Waals surface area (Å²) in [6.45, 7) is 3.12. The van der Waals surface area contributed by atoms with Crippen molar-refractivity contribution in [2.75, 3.05) is 24.3 Å². The zero-order valence-electron chi connectivity index (χ0n) is 10.2. The van der Waals surface area contributed by atoms with Crippen LogP contribution in [-0.2, 0) is 16.6 Å². The molecule has 0 atom stereocenters. The largest absolute Gasteiger partial charge is 0.394 e. The van der Waals surface area contributed by atoms with Crippen LogP contribution in [0.15, 0.2) is 0 Å². The maximum atomic E-state index is 12.0. The van der Waals surface area contributed by atoms with Gasteiger partial charge in [-0.15, -0.1) is 0 Å². The van der Waals surface area contributed by atoms with Crippen molar-refractivity contribution in [1.82, 2.24) is 9.78 Å². The van der Waals surface area contributed by atoms with Crippen LogP contribution in [0, 0.1) is 12.8 Å². The van der Waals surface area contributed by atoms with E-state index in [-0.39, 0.29) is 11.8 Å². The predicted octanol–water partition coefficient (Wildman–Crippen LogP) is 0.676. The number of anilines is 2. The van der Waals surface area contributed by atoms with Gasteiger partial charge in [-0.2, -0.15) is 5.10 Å². The van der Waals surface area contributed by atoms with Crippen molar-refractivity contribution in [3.05, 3.63) is 5.69 Å². The Hall–Kier alpha value is -1.56. The van der Waals surface area contributed by atoms with E-state index in [0.717, 1.165) is 18.5 Å². The Morgan fingerprint density at radius 2 is 2.18 bits per heavy atom. The molecule has 1 aliphatic heterocycles. The van der Waals surface area contributed by atoms with E-state index >= 15 is 0 Å². The average molecular weight is 238 g/mol. The molecule has 1 amide bonds. The van der Waals surface area contributed by atoms with Crippen molar-refractivity contribution < 1.29 is 9.53 Å². The van der Waals surface area contributed by atoms with Crippen molar-refractivity contribution >= 4 is 17.4 Å². The molecule has 94 valence electrons. The van der Waals surface area contributed by atoms with Gasteiger partial charge in [-0.3, -0.25) is 9.48 Å². The summed E-state index contributed by atoms with van der Waals surface area (Å²) in [5.41, 5.74) is 7.12. The number of aryl methyl sites for hydroxylation is 2. The summed E-state index contributed by atoms with van der Waals surface area (Å²) in [5.74, 6) is 0.598. The van der Waals surface area contributed by atoms with Gasteiger partial charge in [-0.1, -0.05) is 0 Å². The molecule has 3 N–H and O–H groups in total. The Morgan fingerprint density at radius 1 is 1.53 bits per heavy atom. The number of amides is 1. The number of nitrogens with two attached hydrogens (primary N) is 1. The van der Waals surface area contributed by atoms with E-state index in [1.807, 2.05) is 6.92 Å². The predicted molar refractivity (Wildman–Crippen MR) is 64.5 cm³/mol. The zero-order valence-corrected chi connectivity index (χ0v) is 10.2. The molecular weight excluding hydrogens is 220 g/mol. The average Bonchev–Trinajstić information content (AvgIpc) is 2.57. The van der Waals surface area contributed by atoms with Gasteiger partial charge in [-0.05, 0) is 19.8 Å². The lowest BCUT2D eigenvalue weighted by Crippen LogP contribution is -2.29. The highest BCUT2D eigenvalue weighted by atomic mass is 16.5. The molecule has 0 bridgehead atoms. The molecule has 0 saturated carbocycles. The highest BCUT2D eigenvalue weighted by molar-refractivity contribution is 5.94. The molecular formula is C11H18N4O2. The van der Waals surface area contributed by atoms with Gasteiger partial charge < -0.3 is 15.8 Å². The summed E-state index contributed by atoms with van der Waals surface area (Å²) in [6.07, 6.45) is 1.53. The van der Waals surface area contributed by atoms with Crippen LogP contribution in [0.25, 0.3) is 0 Å². The molecule has 1 aromatic heterocycles. The Bertz CT molecular complexity index is 421. The van der Waals surface area contributed by atoms with Gasteiger partial charge in [0, 0.05) is 26.2 Å². The number of nitrogen functional groups attached to an aromatic ring is 1. The third-order valence-electron chi connectivity index (χ3n) is 3.10. The second kappa shape index (κ2) is 4.75. The molecule has 0 radical (unpaired) electrons. The number of nitrogens with zero attached hydrogens (tertiary/aromatic N) is 2. The standard InChI is InChI=1S/C11H18N4O2/c1-7-9(12)10(15(2)14-7)13-11(16)8-3-5-17-6-4-8/h8H,3-6,12H2,1-2H3,(H,13,16). The first-order valence-corrected chi connectivity index (χ1v) is 5.77. The number of aromatic nitrogens is 2. The molecule has 1 saturated heterocycles. The first-order valence-electron chi connectivity index (χ1n) is 5.77. The van der Waals surface area contributed by atoms with Crippen LogP contribution in [0.2, 0.25) is 0 Å². The Labute approximate surface area is 100 Å². The minimum atomic E-state index is 0.00278. The van der Waals surface area contributed by atoms with E-state index in [1.54, 1.807) is 11.7 Å². The highest BCUT2D eigenvalue weighted by Crippen LogP contribution is 2.23. The van der Waals surface area contributed by atoms with Crippen molar-refractivity contribution in [1.29, 1.82) is 0 Å². The Balaban J connectivity index is 2.07. The van der Waals surface area contributed by atoms with E-state index in [4.69, 9.17) is 10.5 Å². The fourth-order valence-corrected chi connectivity index (χ4v) is 2.00. The third kappa shape index (κ3) is 2.41. The molecule has 2 rings (SSSR count). The number of nitrogens with one attached hydrogen (secondary N) is 1. The fraction of sp³-hybridized carbons (Fsp3) is 0.636. The Morgan fingerprint density at radius 3 is 2.71 bits per heavy atom. The first kappa shape index (κ1) is 11.9. The van der Waals surface area contributed by atoms with Crippen molar-refractivity contribution in [2.24, 2.45) is 13.0 Å². The summed E-state index contributed by atoms with van der Waals surface area (Å²) in [7, 11) is 1.77. The number of carbonyl (C=O) groups is 1. The van der Waals surface area contributed by atoms with Gasteiger partial charge in [0.15, 0.2) is 5.82 Å². The van der Waals surface area contributed by atoms with E-state index in [9.17, 15) is 4.79 Å². The monoisotopic (exact) mass is 238 g/mol. The molecule has 0 spiro atoms. The van der Waals surface area contributed by atoms with Crippen LogP contribution in [-0.4, -0.2) is 28.9 Å². The van der Waals surface area contributed by atoms with Crippen LogP contribution in [0.5, 0.6) is 0 Å². The van der Waals surface area contributed by atoms with E-state index in [1.165, 1.54) is 0 Å². The summed E-state index contributed by atoms with van der Waals surface area (Å²) in [6, 6.07) is 0. The van der Waals surface area contributed by atoms with E-state index < -0.39 is 0 Å². The Kier molecular flexibility index (Phi) is 3.33. The topological polar surface area (TPSA) is 82.2 Å². The van der Waals surface area contributed by atoms with Gasteiger partial charge in [0.2, 0.25) is 5.91 Å². The second-order valence-corrected chi connectivity index (χ2v) is 4.35. The minimum absolute atomic E-state index is 0.00278. The van der Waals surface area contributed by atoms with Gasteiger partial charge in [-0.25, -0.2) is 0 Å². The first-order chi connectivity index (χ1) is 8.09. The highest BCUT2D eigenvalue weighted by Gasteiger charge is 2.23. The minimum Gasteiger partial charge on any atom is -0.394 e. The molecule has 0 aliphatic carbocycles. The lowest BCUT2D eigenvalue weighted by Gasteiger charge is -2.21. The van der Waals surface area contributed by atoms with Gasteiger partial charge in [0.25, 0.3) is 0 Å². The molecule has 2 heterocycles. The number of hydrogen-bond acceptors (Lipinski definition) is 4. The molecule has 6 nitrogen and oxygen atoms in total. The van der Waals surface area contributed by atoms with Gasteiger partial charge in [0.1, 0.15) is 0 Å². The van der Waals surface area contributed by atoms with Crippen LogP contribution in [0.1, 0.15) is 18.5 Å². The van der Waals surface area contributed by atoms with Crippen molar-refractivity contribution in [3.8, 4) is 0 Å². The molecule has 17 heavy (non-hydrogen) atoms. The van der Waals surface area contributed by atoms with Crippen molar-refractivity contribution in [2.45, 2.75) is 19.8 Å². The SMILES string of the molecule is Cc1nn(C)c(NC(=O)C2CCOCC2)c1N. The summed E-state index contributed by atoms with van der Waals surface area (Å²) in [4.78, 5) is 12.0. The lowest BCUT2D eigenvalue weighted by molar-refractivity contribution is -0.122. The van der Waals surface area contributed by atoms with Crippen LogP contribution in [0.4, 0.5) is 11.5 Å². The number of hydrogen-bond donors (Lipinski definition) is 2. The smallest absolute Gasteiger partial charge is 0.228 e. The molecule has 0 aromatic carbocycles. The molecule has 0 unspecified atom stereocenters. The summed E-state index contributed by atoms with van der Waals surface area (Å²) < 4.78 is 6.83. The van der Waals surface area contributed by atoms with Crippen LogP contribution >= 0.6 is 0 Å². The van der Waals surface area contributed by atoms with E-state index in [0.29, 0.717) is 24.7 Å². The molecule has 1 aromatic rings. The normalized spacial score (nSPS) is 17.1. The van der Waals surface area contributed by atoms with Crippen LogP contribution < -0.4 is 11.1 Å². The quantitative estimate of drug-likeness (QED) is 0.793. The molecule has 6 heteroatoms. The number of carbonyl (C=O) groups excluding carboxylic acids is 1. The second-order valence-electron chi connectivity index (χ2n) is 4.35. The fourth-order valence-electron chi connectivity index (χ4n) is 2.00. The number of rotatable bonds is 2. The third-order valence-corrected chi connectivity index (χ3v) is 3.10. The van der Waals surface area contributed by atoms with Gasteiger partial charge in [0.05, 0.1) is 11.4 Å². The molecule has 1 aliphatic rings. The maximum Gasteiger partial charge on any atom is 0.228 e. The summed E-state index contributed by atoms with van der Waals surface area (Å²) >= 11 is 0. The maximum absolute atomic E-state index is 12.0. The van der Waals surface area contributed by atoms with Gasteiger partial charge >= 0.3 is 0 Å². The molecule has 1 fully saturated rings.